The number of para-hydroxylation sites is 1. The Bertz CT molecular complexity index is 1100. The average Bonchev–Trinajstić information content (AvgIpc) is 2.80. The van der Waals surface area contributed by atoms with Gasteiger partial charge in [-0.25, -0.2) is 4.98 Å². The van der Waals surface area contributed by atoms with E-state index in [-0.39, 0.29) is 23.3 Å². The molecule has 1 atom stereocenters. The summed E-state index contributed by atoms with van der Waals surface area (Å²) in [6, 6.07) is 15.1. The number of unbranched alkanes of at least 4 members (excludes halogenated alkanes) is 2. The molecular weight excluding hydrogens is 422 g/mol. The van der Waals surface area contributed by atoms with Gasteiger partial charge in [0.2, 0.25) is 5.91 Å². The summed E-state index contributed by atoms with van der Waals surface area (Å²) in [4.78, 5) is 30.4. The van der Waals surface area contributed by atoms with E-state index < -0.39 is 0 Å². The zero-order valence-electron chi connectivity index (χ0n) is 19.0. The van der Waals surface area contributed by atoms with Crippen molar-refractivity contribution in [2.75, 3.05) is 12.9 Å². The molecule has 32 heavy (non-hydrogen) atoms. The van der Waals surface area contributed by atoms with E-state index in [0.717, 1.165) is 30.6 Å². The highest BCUT2D eigenvalue weighted by Crippen LogP contribution is 2.20. The van der Waals surface area contributed by atoms with Crippen molar-refractivity contribution in [1.82, 2.24) is 14.9 Å². The van der Waals surface area contributed by atoms with Crippen LogP contribution in [0.2, 0.25) is 0 Å². The van der Waals surface area contributed by atoms with Gasteiger partial charge in [-0.1, -0.05) is 62.2 Å². The Kier molecular flexibility index (Phi) is 8.73. The van der Waals surface area contributed by atoms with E-state index in [0.29, 0.717) is 22.6 Å². The molecular formula is C25H31N3O3S. The third kappa shape index (κ3) is 6.36. The number of thioether (sulfide) groups is 1. The summed E-state index contributed by atoms with van der Waals surface area (Å²) in [6.07, 6.45) is 4.42. The fourth-order valence-electron chi connectivity index (χ4n) is 3.53. The second kappa shape index (κ2) is 11.7. The van der Waals surface area contributed by atoms with Crippen LogP contribution in [0.4, 0.5) is 0 Å². The van der Waals surface area contributed by atoms with Crippen LogP contribution < -0.4 is 15.6 Å². The van der Waals surface area contributed by atoms with Crippen LogP contribution in [-0.2, 0) is 11.3 Å². The number of nitrogens with one attached hydrogen (secondary N) is 1. The lowest BCUT2D eigenvalue weighted by Crippen LogP contribution is -2.34. The van der Waals surface area contributed by atoms with Crippen molar-refractivity contribution in [3.8, 4) is 5.75 Å². The van der Waals surface area contributed by atoms with Crippen LogP contribution in [0.25, 0.3) is 10.9 Å². The van der Waals surface area contributed by atoms with Crippen LogP contribution in [-0.4, -0.2) is 34.4 Å². The van der Waals surface area contributed by atoms with Crippen molar-refractivity contribution in [3.63, 3.8) is 0 Å². The van der Waals surface area contributed by atoms with Crippen LogP contribution in [0, 0.1) is 0 Å². The summed E-state index contributed by atoms with van der Waals surface area (Å²) < 4.78 is 6.87. The molecule has 0 fully saturated rings. The molecule has 0 aliphatic heterocycles. The number of rotatable bonds is 11. The summed E-state index contributed by atoms with van der Waals surface area (Å²) in [5, 5.41) is 4.16. The smallest absolute Gasteiger partial charge is 0.262 e. The fourth-order valence-corrected chi connectivity index (χ4v) is 4.34. The van der Waals surface area contributed by atoms with Gasteiger partial charge in [-0.15, -0.1) is 0 Å². The van der Waals surface area contributed by atoms with Crippen LogP contribution >= 0.6 is 11.8 Å². The van der Waals surface area contributed by atoms with Gasteiger partial charge in [-0.3, -0.25) is 14.2 Å². The second-order valence-corrected chi connectivity index (χ2v) is 8.85. The molecule has 0 radical (unpaired) electrons. The molecule has 1 heterocycles. The SMILES string of the molecule is CCCCCC(C)NC(=O)CSc1nc2ccccc2c(=O)n1Cc1ccc(OC)cc1. The van der Waals surface area contributed by atoms with Gasteiger partial charge in [0.15, 0.2) is 5.16 Å². The Balaban J connectivity index is 1.79. The van der Waals surface area contributed by atoms with Crippen molar-refractivity contribution in [2.24, 2.45) is 0 Å². The van der Waals surface area contributed by atoms with Gasteiger partial charge in [-0.2, -0.15) is 0 Å². The maximum Gasteiger partial charge on any atom is 0.262 e. The molecule has 1 N–H and O–H groups in total. The van der Waals surface area contributed by atoms with Gasteiger partial charge < -0.3 is 10.1 Å². The van der Waals surface area contributed by atoms with Crippen LogP contribution in [0.1, 0.15) is 45.1 Å². The van der Waals surface area contributed by atoms with Crippen molar-refractivity contribution in [3.05, 3.63) is 64.4 Å². The molecule has 1 aromatic heterocycles. The molecule has 0 aliphatic carbocycles. The van der Waals surface area contributed by atoms with Gasteiger partial charge in [0.05, 0.1) is 30.3 Å². The molecule has 2 aromatic carbocycles. The van der Waals surface area contributed by atoms with E-state index in [2.05, 4.69) is 12.2 Å². The number of fused-ring (bicyclic) bond motifs is 1. The molecule has 170 valence electrons. The predicted octanol–water partition coefficient (Wildman–Crippen LogP) is 4.63. The van der Waals surface area contributed by atoms with Crippen molar-refractivity contribution < 1.29 is 9.53 Å². The Morgan fingerprint density at radius 3 is 2.62 bits per heavy atom. The molecule has 7 heteroatoms. The Morgan fingerprint density at radius 2 is 1.91 bits per heavy atom. The minimum atomic E-state index is -0.109. The highest BCUT2D eigenvalue weighted by molar-refractivity contribution is 7.99. The van der Waals surface area contributed by atoms with Gasteiger partial charge in [0.1, 0.15) is 5.75 Å². The summed E-state index contributed by atoms with van der Waals surface area (Å²) in [7, 11) is 1.62. The monoisotopic (exact) mass is 453 g/mol. The summed E-state index contributed by atoms with van der Waals surface area (Å²) in [6.45, 7) is 4.58. The molecule has 3 rings (SSSR count). The van der Waals surface area contributed by atoms with Gasteiger partial charge in [0.25, 0.3) is 5.56 Å². The Morgan fingerprint density at radius 1 is 1.16 bits per heavy atom. The van der Waals surface area contributed by atoms with Crippen LogP contribution in [0.5, 0.6) is 5.75 Å². The minimum absolute atomic E-state index is 0.0441. The number of carbonyl (C=O) groups excluding carboxylic acids is 1. The molecule has 1 unspecified atom stereocenters. The van der Waals surface area contributed by atoms with Crippen molar-refractivity contribution in [1.29, 1.82) is 0 Å². The van der Waals surface area contributed by atoms with Crippen molar-refractivity contribution in [2.45, 2.75) is 57.3 Å². The first-order valence-electron chi connectivity index (χ1n) is 11.1. The number of methoxy groups -OCH3 is 1. The lowest BCUT2D eigenvalue weighted by molar-refractivity contribution is -0.119. The standard InChI is InChI=1S/C25H31N3O3S/c1-4-5-6-9-18(2)26-23(29)17-32-25-27-22-11-8-7-10-21(22)24(30)28(25)16-19-12-14-20(31-3)15-13-19/h7-8,10-15,18H,4-6,9,16-17H2,1-3H3,(H,26,29). The number of hydrogen-bond donors (Lipinski definition) is 1. The van der Waals surface area contributed by atoms with E-state index in [1.54, 1.807) is 17.7 Å². The maximum absolute atomic E-state index is 13.2. The zero-order chi connectivity index (χ0) is 22.9. The molecule has 0 bridgehead atoms. The quantitative estimate of drug-likeness (QED) is 0.260. The maximum atomic E-state index is 13.2. The topological polar surface area (TPSA) is 73.2 Å². The Hall–Kier alpha value is -2.80. The van der Waals surface area contributed by atoms with Crippen LogP contribution in [0.3, 0.4) is 0 Å². The number of aromatic nitrogens is 2. The highest BCUT2D eigenvalue weighted by atomic mass is 32.2. The third-order valence-corrected chi connectivity index (χ3v) is 6.28. The van der Waals surface area contributed by atoms with Gasteiger partial charge in [-0.05, 0) is 43.2 Å². The highest BCUT2D eigenvalue weighted by Gasteiger charge is 2.15. The Labute approximate surface area is 193 Å². The van der Waals surface area contributed by atoms with E-state index in [1.807, 2.05) is 49.4 Å². The van der Waals surface area contributed by atoms with Crippen LogP contribution in [0.15, 0.2) is 58.5 Å². The normalized spacial score (nSPS) is 12.0. The number of carbonyl (C=O) groups is 1. The van der Waals surface area contributed by atoms with E-state index >= 15 is 0 Å². The van der Waals surface area contributed by atoms with E-state index in [1.165, 1.54) is 18.2 Å². The van der Waals surface area contributed by atoms with E-state index in [9.17, 15) is 9.59 Å². The van der Waals surface area contributed by atoms with Gasteiger partial charge in [0, 0.05) is 6.04 Å². The lowest BCUT2D eigenvalue weighted by atomic mass is 10.1. The average molecular weight is 454 g/mol. The number of hydrogen-bond acceptors (Lipinski definition) is 5. The largest absolute Gasteiger partial charge is 0.497 e. The summed E-state index contributed by atoms with van der Waals surface area (Å²) >= 11 is 1.30. The first-order valence-corrected chi connectivity index (χ1v) is 12.0. The number of ether oxygens (including phenoxy) is 1. The molecule has 0 saturated heterocycles. The number of benzene rings is 2. The first-order chi connectivity index (χ1) is 15.5. The number of amides is 1. The molecule has 3 aromatic rings. The molecule has 0 aliphatic rings. The summed E-state index contributed by atoms with van der Waals surface area (Å²) in [5.41, 5.74) is 1.49. The third-order valence-electron chi connectivity index (χ3n) is 5.31. The molecule has 1 amide bonds. The predicted molar refractivity (Wildman–Crippen MR) is 131 cm³/mol. The second-order valence-electron chi connectivity index (χ2n) is 7.90. The zero-order valence-corrected chi connectivity index (χ0v) is 19.8. The van der Waals surface area contributed by atoms with E-state index in [4.69, 9.17) is 9.72 Å². The van der Waals surface area contributed by atoms with Gasteiger partial charge >= 0.3 is 0 Å². The first kappa shape index (κ1) is 23.9. The fraction of sp³-hybridized carbons (Fsp3) is 0.400. The molecule has 0 saturated carbocycles. The lowest BCUT2D eigenvalue weighted by Gasteiger charge is -2.15. The minimum Gasteiger partial charge on any atom is -0.497 e. The summed E-state index contributed by atoms with van der Waals surface area (Å²) in [5.74, 6) is 0.931. The molecule has 0 spiro atoms. The van der Waals surface area contributed by atoms with Crippen molar-refractivity contribution >= 4 is 28.6 Å². The molecule has 6 nitrogen and oxygen atoms in total. The number of nitrogens with zero attached hydrogens (tertiary/aromatic N) is 2.